The van der Waals surface area contributed by atoms with Crippen LogP contribution in [-0.4, -0.2) is 11.8 Å². The molecule has 0 saturated carbocycles. The molecule has 1 atom stereocenters. The Labute approximate surface area is 59.0 Å². The van der Waals surface area contributed by atoms with Gasteiger partial charge in [0.25, 0.3) is 0 Å². The van der Waals surface area contributed by atoms with Crippen LogP contribution in [0.3, 0.4) is 0 Å². The molecule has 2 rings (SSSR count). The lowest BCUT2D eigenvalue weighted by atomic mass is 10.2. The van der Waals surface area contributed by atoms with Crippen molar-refractivity contribution in [1.82, 2.24) is 5.16 Å². The fourth-order valence-electron chi connectivity index (χ4n) is 1.20. The standard InChI is InChI=1S/C7H9NO2/c1-2-7(9-4-1)6-3-5-10-8-6/h3,5,7H,1-2,4H2. The van der Waals surface area contributed by atoms with Crippen LogP contribution in [0.4, 0.5) is 0 Å². The van der Waals surface area contributed by atoms with E-state index in [1.807, 2.05) is 6.07 Å². The van der Waals surface area contributed by atoms with E-state index < -0.39 is 0 Å². The molecule has 1 aromatic heterocycles. The summed E-state index contributed by atoms with van der Waals surface area (Å²) in [6, 6.07) is 1.86. The maximum atomic E-state index is 5.37. The zero-order valence-corrected chi connectivity index (χ0v) is 5.62. The van der Waals surface area contributed by atoms with Crippen molar-refractivity contribution in [3.05, 3.63) is 18.0 Å². The van der Waals surface area contributed by atoms with Crippen molar-refractivity contribution in [2.75, 3.05) is 6.61 Å². The molecule has 0 aliphatic carbocycles. The second-order valence-electron chi connectivity index (χ2n) is 2.43. The Hall–Kier alpha value is -0.830. The molecular weight excluding hydrogens is 130 g/mol. The van der Waals surface area contributed by atoms with Crippen LogP contribution < -0.4 is 0 Å². The molecule has 1 unspecified atom stereocenters. The van der Waals surface area contributed by atoms with Crippen molar-refractivity contribution in [2.45, 2.75) is 18.9 Å². The maximum absolute atomic E-state index is 5.37. The van der Waals surface area contributed by atoms with Gasteiger partial charge >= 0.3 is 0 Å². The third-order valence-electron chi connectivity index (χ3n) is 1.72. The molecule has 0 bridgehead atoms. The smallest absolute Gasteiger partial charge is 0.124 e. The summed E-state index contributed by atoms with van der Waals surface area (Å²) in [6.07, 6.45) is 3.99. The van der Waals surface area contributed by atoms with E-state index in [0.29, 0.717) is 0 Å². The van der Waals surface area contributed by atoms with Gasteiger partial charge in [0.2, 0.25) is 0 Å². The van der Waals surface area contributed by atoms with Gasteiger partial charge < -0.3 is 9.26 Å². The monoisotopic (exact) mass is 139 g/mol. The Balaban J connectivity index is 2.12. The van der Waals surface area contributed by atoms with E-state index in [4.69, 9.17) is 9.26 Å². The third kappa shape index (κ3) is 0.926. The summed E-state index contributed by atoms with van der Waals surface area (Å²) in [5.41, 5.74) is 0.928. The summed E-state index contributed by atoms with van der Waals surface area (Å²) in [4.78, 5) is 0. The van der Waals surface area contributed by atoms with Crippen LogP contribution in [0.2, 0.25) is 0 Å². The highest BCUT2D eigenvalue weighted by atomic mass is 16.5. The Morgan fingerprint density at radius 1 is 1.60 bits per heavy atom. The minimum absolute atomic E-state index is 0.193. The summed E-state index contributed by atoms with van der Waals surface area (Å²) >= 11 is 0. The van der Waals surface area contributed by atoms with Crippen molar-refractivity contribution < 1.29 is 9.26 Å². The SMILES string of the molecule is c1cc(C2CCCO2)no1. The first-order valence-corrected chi connectivity index (χ1v) is 3.49. The largest absolute Gasteiger partial charge is 0.372 e. The van der Waals surface area contributed by atoms with Crippen LogP contribution in [0.5, 0.6) is 0 Å². The van der Waals surface area contributed by atoms with Gasteiger partial charge in [-0.25, -0.2) is 0 Å². The second kappa shape index (κ2) is 2.42. The number of rotatable bonds is 1. The predicted octanol–water partition coefficient (Wildman–Crippen LogP) is 1.53. The molecule has 3 nitrogen and oxygen atoms in total. The molecule has 2 heterocycles. The Morgan fingerprint density at radius 3 is 3.20 bits per heavy atom. The first-order chi connectivity index (χ1) is 4.97. The molecule has 10 heavy (non-hydrogen) atoms. The normalized spacial score (nSPS) is 25.4. The summed E-state index contributed by atoms with van der Waals surface area (Å²) < 4.78 is 10.1. The minimum atomic E-state index is 0.193. The van der Waals surface area contributed by atoms with Crippen molar-refractivity contribution in [3.63, 3.8) is 0 Å². The van der Waals surface area contributed by atoms with E-state index in [0.717, 1.165) is 25.1 Å². The second-order valence-corrected chi connectivity index (χ2v) is 2.43. The lowest BCUT2D eigenvalue weighted by Gasteiger charge is -2.01. The Kier molecular flexibility index (Phi) is 1.43. The van der Waals surface area contributed by atoms with Gasteiger partial charge in [-0.15, -0.1) is 0 Å². The third-order valence-corrected chi connectivity index (χ3v) is 1.72. The number of hydrogen-bond acceptors (Lipinski definition) is 3. The summed E-state index contributed by atoms with van der Waals surface area (Å²) in [7, 11) is 0. The highest BCUT2D eigenvalue weighted by Gasteiger charge is 2.19. The van der Waals surface area contributed by atoms with Crippen molar-refractivity contribution in [3.8, 4) is 0 Å². The maximum Gasteiger partial charge on any atom is 0.124 e. The Morgan fingerprint density at radius 2 is 2.60 bits per heavy atom. The van der Waals surface area contributed by atoms with Crippen LogP contribution in [-0.2, 0) is 4.74 Å². The van der Waals surface area contributed by atoms with Gasteiger partial charge in [-0.2, -0.15) is 0 Å². The van der Waals surface area contributed by atoms with Gasteiger partial charge in [0.05, 0.1) is 0 Å². The molecule has 0 aromatic carbocycles. The summed E-state index contributed by atoms with van der Waals surface area (Å²) in [5, 5.41) is 3.80. The zero-order valence-electron chi connectivity index (χ0n) is 5.62. The minimum Gasteiger partial charge on any atom is -0.372 e. The Bertz CT molecular complexity index is 189. The molecule has 1 fully saturated rings. The predicted molar refractivity (Wildman–Crippen MR) is 34.4 cm³/mol. The molecule has 0 radical (unpaired) electrons. The topological polar surface area (TPSA) is 35.3 Å². The van der Waals surface area contributed by atoms with E-state index in [1.54, 1.807) is 6.26 Å². The number of nitrogens with zero attached hydrogens (tertiary/aromatic N) is 1. The fraction of sp³-hybridized carbons (Fsp3) is 0.571. The van der Waals surface area contributed by atoms with Crippen LogP contribution in [0.15, 0.2) is 16.9 Å². The van der Waals surface area contributed by atoms with E-state index in [9.17, 15) is 0 Å². The van der Waals surface area contributed by atoms with Crippen molar-refractivity contribution >= 4 is 0 Å². The van der Waals surface area contributed by atoms with Crippen LogP contribution >= 0.6 is 0 Å². The first kappa shape index (κ1) is 5.92. The molecule has 0 spiro atoms. The number of ether oxygens (including phenoxy) is 1. The van der Waals surface area contributed by atoms with E-state index in [-0.39, 0.29) is 6.10 Å². The first-order valence-electron chi connectivity index (χ1n) is 3.49. The van der Waals surface area contributed by atoms with E-state index >= 15 is 0 Å². The lowest BCUT2D eigenvalue weighted by molar-refractivity contribution is 0.105. The van der Waals surface area contributed by atoms with Gasteiger partial charge in [0.1, 0.15) is 18.1 Å². The average molecular weight is 139 g/mol. The van der Waals surface area contributed by atoms with Crippen molar-refractivity contribution in [1.29, 1.82) is 0 Å². The van der Waals surface area contributed by atoms with Gasteiger partial charge in [-0.1, -0.05) is 5.16 Å². The molecule has 3 heteroatoms. The zero-order chi connectivity index (χ0) is 6.81. The van der Waals surface area contributed by atoms with E-state index in [1.165, 1.54) is 0 Å². The average Bonchev–Trinajstić information content (AvgIpc) is 2.59. The molecule has 1 saturated heterocycles. The number of aromatic nitrogens is 1. The molecule has 1 aliphatic heterocycles. The molecular formula is C7H9NO2. The highest BCUT2D eigenvalue weighted by Crippen LogP contribution is 2.26. The fourth-order valence-corrected chi connectivity index (χ4v) is 1.20. The highest BCUT2D eigenvalue weighted by molar-refractivity contribution is 5.01. The van der Waals surface area contributed by atoms with Gasteiger partial charge in [0, 0.05) is 12.7 Å². The molecule has 0 N–H and O–H groups in total. The molecule has 54 valence electrons. The summed E-state index contributed by atoms with van der Waals surface area (Å²) in [6.45, 7) is 0.859. The van der Waals surface area contributed by atoms with Gasteiger partial charge in [0.15, 0.2) is 0 Å². The van der Waals surface area contributed by atoms with Crippen LogP contribution in [0.1, 0.15) is 24.6 Å². The van der Waals surface area contributed by atoms with Gasteiger partial charge in [-0.3, -0.25) is 0 Å². The molecule has 1 aliphatic rings. The molecule has 1 aromatic rings. The van der Waals surface area contributed by atoms with Crippen LogP contribution in [0.25, 0.3) is 0 Å². The quantitative estimate of drug-likeness (QED) is 0.591. The lowest BCUT2D eigenvalue weighted by Crippen LogP contribution is -1.94. The van der Waals surface area contributed by atoms with Crippen molar-refractivity contribution in [2.24, 2.45) is 0 Å². The summed E-state index contributed by atoms with van der Waals surface area (Å²) in [5.74, 6) is 0. The molecule has 0 amide bonds. The van der Waals surface area contributed by atoms with Crippen LogP contribution in [0, 0.1) is 0 Å². The number of hydrogen-bond donors (Lipinski definition) is 0. The van der Waals surface area contributed by atoms with E-state index in [2.05, 4.69) is 5.16 Å². The van der Waals surface area contributed by atoms with Gasteiger partial charge in [-0.05, 0) is 12.8 Å².